The fourth-order valence-electron chi connectivity index (χ4n) is 1.28. The van der Waals surface area contributed by atoms with Gasteiger partial charge in [0, 0.05) is 11.1 Å². The van der Waals surface area contributed by atoms with Gasteiger partial charge >= 0.3 is 12.1 Å². The zero-order chi connectivity index (χ0) is 13.1. The quantitative estimate of drug-likeness (QED) is 0.850. The largest absolute Gasteiger partial charge is 0.477 e. The number of hydrogen-bond donors (Lipinski definition) is 1. The number of rotatable bonds is 4. The molecule has 0 unspecified atom stereocenters. The van der Waals surface area contributed by atoms with Crippen LogP contribution >= 0.6 is 11.8 Å². The molecule has 0 radical (unpaired) electrons. The summed E-state index contributed by atoms with van der Waals surface area (Å²) in [5.41, 5.74) is -0.841. The molecule has 1 aromatic rings. The fraction of sp³-hybridized carbons (Fsp3) is 0.400. The van der Waals surface area contributed by atoms with Gasteiger partial charge < -0.3 is 5.11 Å². The van der Waals surface area contributed by atoms with Gasteiger partial charge in [0.15, 0.2) is 5.69 Å². The second kappa shape index (κ2) is 5.39. The van der Waals surface area contributed by atoms with Crippen LogP contribution in [0.25, 0.3) is 0 Å². The van der Waals surface area contributed by atoms with Gasteiger partial charge in [-0.05, 0) is 17.4 Å². The van der Waals surface area contributed by atoms with Crippen LogP contribution in [0.3, 0.4) is 0 Å². The number of carboxylic acid groups (broad SMARTS) is 1. The molecule has 0 fully saturated rings. The average molecular weight is 265 g/mol. The first-order valence-corrected chi connectivity index (χ1v) is 5.74. The van der Waals surface area contributed by atoms with E-state index in [-0.39, 0.29) is 5.56 Å². The number of carboxylic acids is 1. The molecule has 0 saturated heterocycles. The molecule has 0 aromatic carbocycles. The van der Waals surface area contributed by atoms with Crippen LogP contribution in [0.4, 0.5) is 13.2 Å². The van der Waals surface area contributed by atoms with Crippen LogP contribution in [0.1, 0.15) is 23.0 Å². The van der Waals surface area contributed by atoms with Crippen molar-refractivity contribution in [2.45, 2.75) is 24.4 Å². The van der Waals surface area contributed by atoms with Gasteiger partial charge in [0.25, 0.3) is 0 Å². The van der Waals surface area contributed by atoms with E-state index in [0.29, 0.717) is 10.6 Å². The molecule has 17 heavy (non-hydrogen) atoms. The predicted molar refractivity (Wildman–Crippen MR) is 57.4 cm³/mol. The maximum atomic E-state index is 12.3. The van der Waals surface area contributed by atoms with E-state index in [4.69, 9.17) is 5.11 Å². The standard InChI is InChI=1S/C10H10F3NO2S/c1-2-17-7-3-6(4-10(11,12)13)8(9(15)16)14-5-7/h3,5H,2,4H2,1H3,(H,15,16). The normalized spacial score (nSPS) is 11.5. The molecule has 1 rings (SSSR count). The summed E-state index contributed by atoms with van der Waals surface area (Å²) in [6.45, 7) is 1.85. The van der Waals surface area contributed by atoms with E-state index in [1.54, 1.807) is 0 Å². The van der Waals surface area contributed by atoms with E-state index in [1.165, 1.54) is 24.0 Å². The zero-order valence-electron chi connectivity index (χ0n) is 8.91. The highest BCUT2D eigenvalue weighted by atomic mass is 32.2. The Morgan fingerprint density at radius 2 is 2.18 bits per heavy atom. The van der Waals surface area contributed by atoms with Crippen LogP contribution in [-0.4, -0.2) is 28.0 Å². The van der Waals surface area contributed by atoms with E-state index in [1.807, 2.05) is 6.92 Å². The van der Waals surface area contributed by atoms with Crippen molar-refractivity contribution in [1.82, 2.24) is 4.98 Å². The second-order valence-electron chi connectivity index (χ2n) is 3.21. The van der Waals surface area contributed by atoms with Gasteiger partial charge in [0.1, 0.15) is 0 Å². The number of halogens is 3. The number of aromatic nitrogens is 1. The number of pyridine rings is 1. The Morgan fingerprint density at radius 1 is 1.53 bits per heavy atom. The molecule has 0 aliphatic carbocycles. The summed E-state index contributed by atoms with van der Waals surface area (Å²) in [6.07, 6.45) is -4.45. The molecule has 0 amide bonds. The number of hydrogen-bond acceptors (Lipinski definition) is 3. The molecule has 0 bridgehead atoms. The lowest BCUT2D eigenvalue weighted by Gasteiger charge is -2.10. The Balaban J connectivity index is 3.11. The number of thioether (sulfide) groups is 1. The van der Waals surface area contributed by atoms with Crippen molar-refractivity contribution in [1.29, 1.82) is 0 Å². The third-order valence-corrected chi connectivity index (χ3v) is 2.69. The minimum absolute atomic E-state index is 0.302. The molecular formula is C10H10F3NO2S. The van der Waals surface area contributed by atoms with E-state index < -0.39 is 24.3 Å². The Kier molecular flexibility index (Phi) is 4.39. The van der Waals surface area contributed by atoms with Gasteiger partial charge in [0.2, 0.25) is 0 Å². The smallest absolute Gasteiger partial charge is 0.393 e. The molecule has 0 aliphatic heterocycles. The summed E-state index contributed by atoms with van der Waals surface area (Å²) in [7, 11) is 0. The molecule has 7 heteroatoms. The molecular weight excluding hydrogens is 255 g/mol. The average Bonchev–Trinajstić information content (AvgIpc) is 2.15. The molecule has 0 atom stereocenters. The van der Waals surface area contributed by atoms with Crippen LogP contribution in [0.5, 0.6) is 0 Å². The summed E-state index contributed by atoms with van der Waals surface area (Å²) in [4.78, 5) is 14.8. The lowest BCUT2D eigenvalue weighted by atomic mass is 10.1. The van der Waals surface area contributed by atoms with Crippen molar-refractivity contribution in [3.05, 3.63) is 23.5 Å². The third kappa shape index (κ3) is 4.26. The van der Waals surface area contributed by atoms with Gasteiger partial charge in [-0.3, -0.25) is 0 Å². The van der Waals surface area contributed by atoms with Gasteiger partial charge in [-0.1, -0.05) is 6.92 Å². The Morgan fingerprint density at radius 3 is 2.65 bits per heavy atom. The summed E-state index contributed by atoms with van der Waals surface area (Å²) < 4.78 is 36.8. The summed E-state index contributed by atoms with van der Waals surface area (Å²) in [5, 5.41) is 8.75. The number of carbonyl (C=O) groups is 1. The maximum Gasteiger partial charge on any atom is 0.393 e. The molecule has 3 nitrogen and oxygen atoms in total. The first-order chi connectivity index (χ1) is 7.83. The highest BCUT2D eigenvalue weighted by Gasteiger charge is 2.30. The lowest BCUT2D eigenvalue weighted by molar-refractivity contribution is -0.127. The first kappa shape index (κ1) is 13.8. The molecule has 1 aromatic heterocycles. The van der Waals surface area contributed by atoms with Gasteiger partial charge in [-0.25, -0.2) is 9.78 Å². The molecule has 1 N–H and O–H groups in total. The number of nitrogens with zero attached hydrogens (tertiary/aromatic N) is 1. The molecule has 0 saturated carbocycles. The van der Waals surface area contributed by atoms with Crippen molar-refractivity contribution in [3.8, 4) is 0 Å². The minimum atomic E-state index is -4.44. The highest BCUT2D eigenvalue weighted by Crippen LogP contribution is 2.26. The highest BCUT2D eigenvalue weighted by molar-refractivity contribution is 7.99. The Hall–Kier alpha value is -1.24. The fourth-order valence-corrected chi connectivity index (χ4v) is 1.96. The zero-order valence-corrected chi connectivity index (χ0v) is 9.73. The van der Waals surface area contributed by atoms with Crippen LogP contribution in [0, 0.1) is 0 Å². The second-order valence-corrected chi connectivity index (χ2v) is 4.55. The predicted octanol–water partition coefficient (Wildman–Crippen LogP) is 3.00. The maximum absolute atomic E-state index is 12.3. The van der Waals surface area contributed by atoms with E-state index in [0.717, 1.165) is 0 Å². The number of alkyl halides is 3. The SMILES string of the molecule is CCSc1cnc(C(=O)O)c(CC(F)(F)F)c1. The minimum Gasteiger partial charge on any atom is -0.477 e. The summed E-state index contributed by atoms with van der Waals surface area (Å²) >= 11 is 1.31. The van der Waals surface area contributed by atoms with Crippen LogP contribution in [0.2, 0.25) is 0 Å². The topological polar surface area (TPSA) is 50.2 Å². The summed E-state index contributed by atoms with van der Waals surface area (Å²) in [6, 6.07) is 1.23. The van der Waals surface area contributed by atoms with Crippen LogP contribution < -0.4 is 0 Å². The first-order valence-electron chi connectivity index (χ1n) is 4.75. The van der Waals surface area contributed by atoms with Gasteiger partial charge in [0.05, 0.1) is 6.42 Å². The van der Waals surface area contributed by atoms with Gasteiger partial charge in [-0.2, -0.15) is 13.2 Å². The van der Waals surface area contributed by atoms with Gasteiger partial charge in [-0.15, -0.1) is 11.8 Å². The lowest BCUT2D eigenvalue weighted by Crippen LogP contribution is -2.16. The van der Waals surface area contributed by atoms with E-state index >= 15 is 0 Å². The summed E-state index contributed by atoms with van der Waals surface area (Å²) in [5.74, 6) is -0.767. The van der Waals surface area contributed by atoms with Crippen LogP contribution in [-0.2, 0) is 6.42 Å². The molecule has 0 aliphatic rings. The van der Waals surface area contributed by atoms with Crippen LogP contribution in [0.15, 0.2) is 17.2 Å². The molecule has 1 heterocycles. The van der Waals surface area contributed by atoms with E-state index in [9.17, 15) is 18.0 Å². The third-order valence-electron chi connectivity index (χ3n) is 1.85. The van der Waals surface area contributed by atoms with E-state index in [2.05, 4.69) is 4.98 Å². The van der Waals surface area contributed by atoms with Crippen molar-refractivity contribution in [2.75, 3.05) is 5.75 Å². The van der Waals surface area contributed by atoms with Crippen molar-refractivity contribution >= 4 is 17.7 Å². The van der Waals surface area contributed by atoms with Crippen molar-refractivity contribution < 1.29 is 23.1 Å². The monoisotopic (exact) mass is 265 g/mol. The Labute approximate surface area is 100 Å². The van der Waals surface area contributed by atoms with Crippen molar-refractivity contribution in [3.63, 3.8) is 0 Å². The van der Waals surface area contributed by atoms with Crippen molar-refractivity contribution in [2.24, 2.45) is 0 Å². The molecule has 0 spiro atoms. The number of aromatic carboxylic acids is 1. The Bertz CT molecular complexity index is 421. The molecule has 94 valence electrons.